The fraction of sp³-hybridized carbons (Fsp3) is 0.154. The molecule has 4 aromatic heterocycles. The van der Waals surface area contributed by atoms with Gasteiger partial charge in [0.25, 0.3) is 11.8 Å². The predicted molar refractivity (Wildman–Crippen MR) is 136 cm³/mol. The molecule has 0 saturated carbocycles. The summed E-state index contributed by atoms with van der Waals surface area (Å²) in [5.74, 6) is -0.445. The Morgan fingerprint density at radius 2 is 1.32 bits per heavy atom. The van der Waals surface area contributed by atoms with E-state index in [0.29, 0.717) is 33.9 Å². The number of aryl methyl sites for hydroxylation is 2. The van der Waals surface area contributed by atoms with E-state index in [1.165, 1.54) is 24.1 Å². The molecule has 6 rings (SSSR count). The number of pyridine rings is 2. The zero-order valence-electron chi connectivity index (χ0n) is 19.0. The van der Waals surface area contributed by atoms with Crippen molar-refractivity contribution in [1.29, 1.82) is 0 Å². The molecule has 2 aliphatic heterocycles. The molecule has 2 aliphatic rings. The molecule has 0 saturated heterocycles. The van der Waals surface area contributed by atoms with Crippen LogP contribution >= 0.6 is 22.7 Å². The lowest BCUT2D eigenvalue weighted by Gasteiger charge is -2.19. The number of rotatable bonds is 3. The highest BCUT2D eigenvalue weighted by Gasteiger charge is 2.47. The normalized spacial score (nSPS) is 16.0. The van der Waals surface area contributed by atoms with Crippen LogP contribution in [0.25, 0.3) is 31.2 Å². The van der Waals surface area contributed by atoms with Gasteiger partial charge >= 0.3 is 0 Å². The van der Waals surface area contributed by atoms with Crippen LogP contribution < -0.4 is 0 Å². The lowest BCUT2D eigenvalue weighted by atomic mass is 10.0. The Hall–Kier alpha value is -3.62. The van der Waals surface area contributed by atoms with Gasteiger partial charge in [0.15, 0.2) is 0 Å². The Kier molecular flexibility index (Phi) is 4.59. The Bertz CT molecular complexity index is 1540. The third-order valence-electron chi connectivity index (χ3n) is 6.21. The van der Waals surface area contributed by atoms with Gasteiger partial charge in [-0.3, -0.25) is 19.6 Å². The van der Waals surface area contributed by atoms with E-state index >= 15 is 0 Å². The number of thiophene rings is 2. The minimum absolute atomic E-state index is 0.222. The van der Waals surface area contributed by atoms with Crippen LogP contribution in [0, 0.1) is 13.8 Å². The highest BCUT2D eigenvalue weighted by molar-refractivity contribution is 7.29. The number of carbonyl (C=O) groups is 2. The maximum absolute atomic E-state index is 13.3. The maximum Gasteiger partial charge on any atom is 0.261 e. The largest absolute Gasteiger partial charge is 0.309 e. The van der Waals surface area contributed by atoms with Gasteiger partial charge in [0, 0.05) is 51.2 Å². The minimum atomic E-state index is -0.222. The molecular formula is C26H20N4O2S2. The molecule has 0 aromatic carbocycles. The third kappa shape index (κ3) is 2.99. The van der Waals surface area contributed by atoms with Gasteiger partial charge in [0.1, 0.15) is 0 Å². The van der Waals surface area contributed by atoms with E-state index in [2.05, 4.69) is 29.0 Å². The van der Waals surface area contributed by atoms with Crippen molar-refractivity contribution in [2.75, 3.05) is 14.1 Å². The summed E-state index contributed by atoms with van der Waals surface area (Å²) in [4.78, 5) is 41.2. The van der Waals surface area contributed by atoms with Crippen LogP contribution in [0.15, 0.2) is 59.9 Å². The quantitative estimate of drug-likeness (QED) is 0.406. The van der Waals surface area contributed by atoms with Crippen LogP contribution in [0.5, 0.6) is 0 Å². The summed E-state index contributed by atoms with van der Waals surface area (Å²) in [7, 11) is 3.37. The van der Waals surface area contributed by atoms with Gasteiger partial charge in [0.05, 0.1) is 33.9 Å². The minimum Gasteiger partial charge on any atom is -0.309 e. The number of likely N-dealkylation sites (N-methyl/N-ethyl adjacent to an activating group) is 2. The first-order valence-electron chi connectivity index (χ1n) is 10.8. The van der Waals surface area contributed by atoms with Gasteiger partial charge in [-0.05, 0) is 49.7 Å². The molecule has 0 bridgehead atoms. The third-order valence-corrected chi connectivity index (χ3v) is 8.46. The van der Waals surface area contributed by atoms with Crippen LogP contribution in [-0.4, -0.2) is 45.7 Å². The molecule has 8 heteroatoms. The second-order valence-corrected chi connectivity index (χ2v) is 10.9. The lowest BCUT2D eigenvalue weighted by molar-refractivity contribution is -0.123. The van der Waals surface area contributed by atoms with E-state index in [0.717, 1.165) is 16.0 Å². The molecule has 0 radical (unpaired) electrons. The van der Waals surface area contributed by atoms with Gasteiger partial charge in [-0.15, -0.1) is 22.7 Å². The van der Waals surface area contributed by atoms with Crippen molar-refractivity contribution in [2.45, 2.75) is 13.8 Å². The van der Waals surface area contributed by atoms with Crippen LogP contribution in [0.1, 0.15) is 21.8 Å². The molecule has 0 fully saturated rings. The molecule has 0 N–H and O–H groups in total. The second-order valence-electron chi connectivity index (χ2n) is 8.52. The summed E-state index contributed by atoms with van der Waals surface area (Å²) in [5.41, 5.74) is 5.08. The average molecular weight is 485 g/mol. The average Bonchev–Trinajstić information content (AvgIpc) is 3.51. The summed E-state index contributed by atoms with van der Waals surface area (Å²) in [5, 5.41) is 0. The number of hydrogen-bond donors (Lipinski definition) is 0. The first-order chi connectivity index (χ1) is 16.3. The standard InChI is InChI=1S/C26H20N4O2S2/c1-13-5-7-16(27-11-13)23-21-22(26(32)29(23)3)24(30(4)25(21)31)17-8-6-15(12-28-17)18-10-20-19(34-18)9-14(2)33-20/h5-12H,1-4H3. The van der Waals surface area contributed by atoms with E-state index in [1.807, 2.05) is 37.4 Å². The van der Waals surface area contributed by atoms with E-state index in [4.69, 9.17) is 0 Å². The highest BCUT2D eigenvalue weighted by atomic mass is 32.1. The highest BCUT2D eigenvalue weighted by Crippen LogP contribution is 2.45. The summed E-state index contributed by atoms with van der Waals surface area (Å²) in [6.07, 6.45) is 3.56. The van der Waals surface area contributed by atoms with Crippen molar-refractivity contribution in [3.05, 3.63) is 81.8 Å². The maximum atomic E-state index is 13.3. The molecular weight excluding hydrogens is 464 g/mol. The molecule has 2 amide bonds. The summed E-state index contributed by atoms with van der Waals surface area (Å²) < 4.78 is 2.55. The van der Waals surface area contributed by atoms with Crippen molar-refractivity contribution < 1.29 is 9.59 Å². The smallest absolute Gasteiger partial charge is 0.261 e. The zero-order chi connectivity index (χ0) is 23.7. The number of amides is 2. The van der Waals surface area contributed by atoms with E-state index in [9.17, 15) is 9.59 Å². The fourth-order valence-corrected chi connectivity index (χ4v) is 6.82. The van der Waals surface area contributed by atoms with Crippen LogP contribution in [-0.2, 0) is 9.59 Å². The van der Waals surface area contributed by atoms with Gasteiger partial charge in [-0.1, -0.05) is 6.07 Å². The van der Waals surface area contributed by atoms with Gasteiger partial charge in [-0.2, -0.15) is 0 Å². The first-order valence-corrected chi connectivity index (χ1v) is 12.4. The molecule has 168 valence electrons. The number of hydrogen-bond acceptors (Lipinski definition) is 6. The van der Waals surface area contributed by atoms with Crippen LogP contribution in [0.2, 0.25) is 0 Å². The van der Waals surface area contributed by atoms with E-state index in [1.54, 1.807) is 43.0 Å². The second kappa shape index (κ2) is 7.44. The zero-order valence-corrected chi connectivity index (χ0v) is 20.7. The van der Waals surface area contributed by atoms with Crippen molar-refractivity contribution in [3.8, 4) is 10.4 Å². The van der Waals surface area contributed by atoms with Crippen molar-refractivity contribution in [1.82, 2.24) is 19.8 Å². The Morgan fingerprint density at radius 1 is 0.735 bits per heavy atom. The molecule has 6 nitrogen and oxygen atoms in total. The number of fused-ring (bicyclic) bond motifs is 2. The van der Waals surface area contributed by atoms with Gasteiger partial charge < -0.3 is 9.80 Å². The lowest BCUT2D eigenvalue weighted by Crippen LogP contribution is -2.25. The number of nitrogens with zero attached hydrogens (tertiary/aromatic N) is 4. The van der Waals surface area contributed by atoms with Crippen LogP contribution in [0.4, 0.5) is 0 Å². The van der Waals surface area contributed by atoms with E-state index in [-0.39, 0.29) is 11.8 Å². The SMILES string of the molecule is Cc1ccc(C2=C3C(=O)N(C)C(c4ccc(-c5cc6sc(C)cc6s5)cn4)=C3C(=O)N2C)nc1. The van der Waals surface area contributed by atoms with Crippen molar-refractivity contribution in [3.63, 3.8) is 0 Å². The van der Waals surface area contributed by atoms with Gasteiger partial charge in [0.2, 0.25) is 0 Å². The first kappa shape index (κ1) is 20.9. The van der Waals surface area contributed by atoms with Crippen molar-refractivity contribution in [2.24, 2.45) is 0 Å². The Labute approximate surface area is 204 Å². The molecule has 0 atom stereocenters. The summed E-state index contributed by atoms with van der Waals surface area (Å²) in [6.45, 7) is 4.07. The van der Waals surface area contributed by atoms with Gasteiger partial charge in [-0.25, -0.2) is 0 Å². The van der Waals surface area contributed by atoms with E-state index < -0.39 is 0 Å². The molecule has 0 aliphatic carbocycles. The summed E-state index contributed by atoms with van der Waals surface area (Å²) in [6, 6.07) is 12.1. The van der Waals surface area contributed by atoms with Crippen LogP contribution in [0.3, 0.4) is 0 Å². The molecule has 0 unspecified atom stereocenters. The molecule has 4 aromatic rings. The fourth-order valence-electron chi connectivity index (χ4n) is 4.51. The summed E-state index contributed by atoms with van der Waals surface area (Å²) >= 11 is 3.53. The number of aromatic nitrogens is 2. The number of carbonyl (C=O) groups excluding carboxylic acids is 2. The Balaban J connectivity index is 1.45. The Morgan fingerprint density at radius 3 is 1.85 bits per heavy atom. The molecule has 0 spiro atoms. The monoisotopic (exact) mass is 484 g/mol. The van der Waals surface area contributed by atoms with Crippen molar-refractivity contribution >= 4 is 55.3 Å². The molecule has 34 heavy (non-hydrogen) atoms. The topological polar surface area (TPSA) is 66.4 Å². The molecule has 6 heterocycles. The predicted octanol–water partition coefficient (Wildman–Crippen LogP) is 5.10.